The third-order valence-electron chi connectivity index (χ3n) is 5.23. The summed E-state index contributed by atoms with van der Waals surface area (Å²) < 4.78 is 0. The van der Waals surface area contributed by atoms with E-state index in [0.29, 0.717) is 6.04 Å². The van der Waals surface area contributed by atoms with Gasteiger partial charge in [0.1, 0.15) is 0 Å². The molecule has 0 bridgehead atoms. The van der Waals surface area contributed by atoms with Gasteiger partial charge in [0, 0.05) is 23.8 Å². The summed E-state index contributed by atoms with van der Waals surface area (Å²) in [7, 11) is 0. The van der Waals surface area contributed by atoms with Crippen molar-refractivity contribution in [3.63, 3.8) is 0 Å². The van der Waals surface area contributed by atoms with Crippen molar-refractivity contribution in [2.45, 2.75) is 57.9 Å². The third-order valence-corrected chi connectivity index (χ3v) is 5.23. The van der Waals surface area contributed by atoms with Crippen molar-refractivity contribution in [2.75, 3.05) is 12.3 Å². The van der Waals surface area contributed by atoms with Crippen LogP contribution in [0.4, 0.5) is 5.69 Å². The molecule has 0 spiro atoms. The second-order valence-corrected chi connectivity index (χ2v) is 6.68. The molecule has 0 aromatic heterocycles. The van der Waals surface area contributed by atoms with E-state index in [0.717, 1.165) is 35.7 Å². The van der Waals surface area contributed by atoms with Crippen molar-refractivity contribution in [3.05, 3.63) is 29.3 Å². The van der Waals surface area contributed by atoms with Crippen LogP contribution in [-0.2, 0) is 0 Å². The minimum atomic E-state index is 0.209. The molecule has 1 saturated heterocycles. The van der Waals surface area contributed by atoms with Crippen LogP contribution in [0, 0.1) is 12.8 Å². The molecular weight excluding hydrogens is 260 g/mol. The van der Waals surface area contributed by atoms with Gasteiger partial charge < -0.3 is 10.6 Å². The SMILES string of the molecule is Cc1cc(N)ccc1C(=O)N1CCCC1C1CCCCC1. The molecule has 1 aromatic carbocycles. The number of nitrogens with two attached hydrogens (primary N) is 1. The first-order valence-electron chi connectivity index (χ1n) is 8.34. The number of hydrogen-bond acceptors (Lipinski definition) is 2. The highest BCUT2D eigenvalue weighted by molar-refractivity contribution is 5.96. The summed E-state index contributed by atoms with van der Waals surface area (Å²) in [4.78, 5) is 15.1. The summed E-state index contributed by atoms with van der Waals surface area (Å²) in [6, 6.07) is 6.10. The minimum absolute atomic E-state index is 0.209. The lowest BCUT2D eigenvalue weighted by Gasteiger charge is -2.34. The van der Waals surface area contributed by atoms with Gasteiger partial charge in [0.2, 0.25) is 0 Å². The predicted molar refractivity (Wildman–Crippen MR) is 86.2 cm³/mol. The van der Waals surface area contributed by atoms with Crippen LogP contribution in [0.2, 0.25) is 0 Å². The Labute approximate surface area is 127 Å². The number of carbonyl (C=O) groups is 1. The molecule has 1 aromatic rings. The van der Waals surface area contributed by atoms with E-state index in [1.807, 2.05) is 25.1 Å². The van der Waals surface area contributed by atoms with Gasteiger partial charge >= 0.3 is 0 Å². The summed E-state index contributed by atoms with van der Waals surface area (Å²) >= 11 is 0. The number of benzene rings is 1. The van der Waals surface area contributed by atoms with Gasteiger partial charge in [-0.3, -0.25) is 4.79 Å². The Morgan fingerprint density at radius 2 is 1.90 bits per heavy atom. The molecule has 114 valence electrons. The number of nitrogens with zero attached hydrogens (tertiary/aromatic N) is 1. The summed E-state index contributed by atoms with van der Waals surface area (Å²) in [5.41, 5.74) is 8.35. The number of rotatable bonds is 2. The second kappa shape index (κ2) is 6.08. The van der Waals surface area contributed by atoms with E-state index in [9.17, 15) is 4.79 Å². The zero-order valence-electron chi connectivity index (χ0n) is 13.0. The number of hydrogen-bond donors (Lipinski definition) is 1. The normalized spacial score (nSPS) is 23.5. The first kappa shape index (κ1) is 14.4. The van der Waals surface area contributed by atoms with Gasteiger partial charge in [-0.15, -0.1) is 0 Å². The van der Waals surface area contributed by atoms with E-state index in [2.05, 4.69) is 4.90 Å². The fourth-order valence-corrected chi connectivity index (χ4v) is 4.14. The molecule has 3 rings (SSSR count). The average molecular weight is 286 g/mol. The Morgan fingerprint density at radius 1 is 1.14 bits per heavy atom. The molecule has 1 amide bonds. The lowest BCUT2D eigenvalue weighted by atomic mass is 9.83. The molecule has 1 heterocycles. The van der Waals surface area contributed by atoms with Gasteiger partial charge in [-0.1, -0.05) is 19.3 Å². The summed E-state index contributed by atoms with van der Waals surface area (Å²) in [6.07, 6.45) is 8.98. The van der Waals surface area contributed by atoms with Crippen LogP contribution in [0.5, 0.6) is 0 Å². The van der Waals surface area contributed by atoms with E-state index in [4.69, 9.17) is 5.73 Å². The van der Waals surface area contributed by atoms with Crippen molar-refractivity contribution in [1.82, 2.24) is 4.90 Å². The quantitative estimate of drug-likeness (QED) is 0.841. The van der Waals surface area contributed by atoms with Crippen LogP contribution in [0.3, 0.4) is 0 Å². The van der Waals surface area contributed by atoms with E-state index in [1.54, 1.807) is 0 Å². The molecule has 1 unspecified atom stereocenters. The fourth-order valence-electron chi connectivity index (χ4n) is 4.14. The Morgan fingerprint density at radius 3 is 2.62 bits per heavy atom. The van der Waals surface area contributed by atoms with Crippen LogP contribution < -0.4 is 5.73 Å². The van der Waals surface area contributed by atoms with Crippen molar-refractivity contribution in [1.29, 1.82) is 0 Å². The number of aryl methyl sites for hydroxylation is 1. The minimum Gasteiger partial charge on any atom is -0.399 e. The zero-order valence-corrected chi connectivity index (χ0v) is 13.0. The topological polar surface area (TPSA) is 46.3 Å². The largest absolute Gasteiger partial charge is 0.399 e. The molecule has 2 N–H and O–H groups in total. The molecule has 3 nitrogen and oxygen atoms in total. The third kappa shape index (κ3) is 2.92. The first-order valence-corrected chi connectivity index (χ1v) is 8.34. The van der Waals surface area contributed by atoms with E-state index in [1.165, 1.54) is 38.5 Å². The van der Waals surface area contributed by atoms with Gasteiger partial charge in [0.15, 0.2) is 0 Å². The maximum Gasteiger partial charge on any atom is 0.254 e. The summed E-state index contributed by atoms with van der Waals surface area (Å²) in [6.45, 7) is 2.90. The molecule has 0 radical (unpaired) electrons. The Kier molecular flexibility index (Phi) is 4.18. The van der Waals surface area contributed by atoms with Crippen LogP contribution in [0.25, 0.3) is 0 Å². The molecule has 21 heavy (non-hydrogen) atoms. The van der Waals surface area contributed by atoms with Crippen molar-refractivity contribution >= 4 is 11.6 Å². The number of likely N-dealkylation sites (tertiary alicyclic amines) is 1. The number of amides is 1. The van der Waals surface area contributed by atoms with Crippen LogP contribution >= 0.6 is 0 Å². The van der Waals surface area contributed by atoms with Gasteiger partial charge in [-0.05, 0) is 62.3 Å². The van der Waals surface area contributed by atoms with Gasteiger partial charge in [0.05, 0.1) is 0 Å². The molecule has 1 saturated carbocycles. The summed E-state index contributed by atoms with van der Waals surface area (Å²) in [5.74, 6) is 0.930. The number of nitrogen functional groups attached to an aromatic ring is 1. The monoisotopic (exact) mass is 286 g/mol. The molecule has 2 fully saturated rings. The highest BCUT2D eigenvalue weighted by Crippen LogP contribution is 2.35. The van der Waals surface area contributed by atoms with E-state index < -0.39 is 0 Å². The second-order valence-electron chi connectivity index (χ2n) is 6.68. The smallest absolute Gasteiger partial charge is 0.254 e. The lowest BCUT2D eigenvalue weighted by Crippen LogP contribution is -2.41. The Bertz CT molecular complexity index is 520. The fraction of sp³-hybridized carbons (Fsp3) is 0.611. The molecule has 1 aliphatic heterocycles. The van der Waals surface area contributed by atoms with Gasteiger partial charge in [0.25, 0.3) is 5.91 Å². The van der Waals surface area contributed by atoms with Gasteiger partial charge in [-0.25, -0.2) is 0 Å². The molecular formula is C18H26N2O. The van der Waals surface area contributed by atoms with Crippen LogP contribution in [-0.4, -0.2) is 23.4 Å². The molecule has 1 atom stereocenters. The summed E-state index contributed by atoms with van der Waals surface area (Å²) in [5, 5.41) is 0. The molecule has 1 aliphatic carbocycles. The number of anilines is 1. The van der Waals surface area contributed by atoms with Crippen molar-refractivity contribution < 1.29 is 4.79 Å². The molecule has 2 aliphatic rings. The highest BCUT2D eigenvalue weighted by atomic mass is 16.2. The lowest BCUT2D eigenvalue weighted by molar-refractivity contribution is 0.0661. The van der Waals surface area contributed by atoms with E-state index >= 15 is 0 Å². The Hall–Kier alpha value is -1.51. The standard InChI is InChI=1S/C18H26N2O/c1-13-12-15(19)9-10-16(13)18(21)20-11-5-8-17(20)14-6-3-2-4-7-14/h9-10,12,14,17H,2-8,11,19H2,1H3. The van der Waals surface area contributed by atoms with Crippen molar-refractivity contribution in [3.8, 4) is 0 Å². The maximum atomic E-state index is 12.9. The average Bonchev–Trinajstić information content (AvgIpc) is 2.97. The molecule has 3 heteroatoms. The maximum absolute atomic E-state index is 12.9. The zero-order chi connectivity index (χ0) is 14.8. The van der Waals surface area contributed by atoms with E-state index in [-0.39, 0.29) is 5.91 Å². The van der Waals surface area contributed by atoms with Crippen LogP contribution in [0.1, 0.15) is 60.9 Å². The predicted octanol–water partition coefficient (Wildman–Crippen LogP) is 3.76. The van der Waals surface area contributed by atoms with Crippen LogP contribution in [0.15, 0.2) is 18.2 Å². The van der Waals surface area contributed by atoms with Gasteiger partial charge in [-0.2, -0.15) is 0 Å². The number of carbonyl (C=O) groups excluding carboxylic acids is 1. The Balaban J connectivity index is 1.79. The highest BCUT2D eigenvalue weighted by Gasteiger charge is 2.35. The van der Waals surface area contributed by atoms with Crippen molar-refractivity contribution in [2.24, 2.45) is 5.92 Å². The first-order chi connectivity index (χ1) is 10.2.